The van der Waals surface area contributed by atoms with Crippen molar-refractivity contribution < 1.29 is 17.5 Å². The Bertz CT molecular complexity index is 507. The molecule has 0 aliphatic carbocycles. The number of sulfonamides is 1. The van der Waals surface area contributed by atoms with Crippen molar-refractivity contribution in [2.45, 2.75) is 18.1 Å². The Labute approximate surface area is 105 Å². The third-order valence-electron chi connectivity index (χ3n) is 2.90. The smallest absolute Gasteiger partial charge is 0.235 e. The molecule has 0 atom stereocenters. The summed E-state index contributed by atoms with van der Waals surface area (Å²) < 4.78 is 45.0. The molecule has 7 heteroatoms. The van der Waals surface area contributed by atoms with Crippen molar-refractivity contribution in [1.82, 2.24) is 0 Å². The first-order valence-electron chi connectivity index (χ1n) is 5.64. The summed E-state index contributed by atoms with van der Waals surface area (Å²) in [4.78, 5) is 0. The molecule has 0 unspecified atom stereocenters. The quantitative estimate of drug-likeness (QED) is 0.815. The molecule has 5 nitrogen and oxygen atoms in total. The topological polar surface area (TPSA) is 81.4 Å². The zero-order chi connectivity index (χ0) is 13.2. The second kappa shape index (κ2) is 5.11. The van der Waals surface area contributed by atoms with E-state index >= 15 is 0 Å². The molecule has 100 valence electrons. The van der Waals surface area contributed by atoms with Gasteiger partial charge in [-0.2, -0.15) is 0 Å². The standard InChI is InChI=1S/C11H15FN2O3S/c12-9-2-1-3-10(13)11(9)14-18(15,16)8-4-6-17-7-5-8/h1-3,8,14H,4-7,13H2. The van der Waals surface area contributed by atoms with E-state index in [9.17, 15) is 12.8 Å². The molecule has 0 radical (unpaired) electrons. The van der Waals surface area contributed by atoms with Crippen LogP contribution in [-0.4, -0.2) is 26.9 Å². The third kappa shape index (κ3) is 2.73. The minimum Gasteiger partial charge on any atom is -0.397 e. The number of para-hydroxylation sites is 1. The number of ether oxygens (including phenoxy) is 1. The largest absolute Gasteiger partial charge is 0.397 e. The molecular weight excluding hydrogens is 259 g/mol. The summed E-state index contributed by atoms with van der Waals surface area (Å²) in [6, 6.07) is 4.04. The lowest BCUT2D eigenvalue weighted by Crippen LogP contribution is -2.33. The van der Waals surface area contributed by atoms with E-state index in [4.69, 9.17) is 10.5 Å². The van der Waals surface area contributed by atoms with Crippen molar-refractivity contribution in [1.29, 1.82) is 0 Å². The van der Waals surface area contributed by atoms with Gasteiger partial charge in [0.2, 0.25) is 10.0 Å². The number of nitrogens with one attached hydrogen (secondary N) is 1. The lowest BCUT2D eigenvalue weighted by molar-refractivity contribution is 0.0984. The monoisotopic (exact) mass is 274 g/mol. The highest BCUT2D eigenvalue weighted by atomic mass is 32.2. The van der Waals surface area contributed by atoms with Gasteiger partial charge in [0.15, 0.2) is 0 Å². The van der Waals surface area contributed by atoms with Crippen LogP contribution in [0.25, 0.3) is 0 Å². The van der Waals surface area contributed by atoms with E-state index in [2.05, 4.69) is 4.72 Å². The molecular formula is C11H15FN2O3S. The molecule has 0 amide bonds. The number of rotatable bonds is 3. The summed E-state index contributed by atoms with van der Waals surface area (Å²) in [6.45, 7) is 0.802. The van der Waals surface area contributed by atoms with E-state index in [0.29, 0.717) is 26.1 Å². The van der Waals surface area contributed by atoms with Crippen LogP contribution in [0, 0.1) is 5.82 Å². The predicted molar refractivity (Wildman–Crippen MR) is 67.2 cm³/mol. The molecule has 1 saturated heterocycles. The van der Waals surface area contributed by atoms with Gasteiger partial charge in [0.1, 0.15) is 11.5 Å². The average Bonchev–Trinajstić information content (AvgIpc) is 2.35. The van der Waals surface area contributed by atoms with Gasteiger partial charge in [-0.3, -0.25) is 4.72 Å². The number of anilines is 2. The van der Waals surface area contributed by atoms with Crippen LogP contribution >= 0.6 is 0 Å². The Morgan fingerprint density at radius 2 is 2.00 bits per heavy atom. The zero-order valence-electron chi connectivity index (χ0n) is 9.73. The summed E-state index contributed by atoms with van der Waals surface area (Å²) in [5.41, 5.74) is 5.46. The average molecular weight is 274 g/mol. The maximum Gasteiger partial charge on any atom is 0.235 e. The third-order valence-corrected chi connectivity index (χ3v) is 4.74. The van der Waals surface area contributed by atoms with Crippen LogP contribution in [-0.2, 0) is 14.8 Å². The minimum absolute atomic E-state index is 0.0747. The molecule has 0 aromatic heterocycles. The molecule has 1 heterocycles. The molecule has 2 rings (SSSR count). The van der Waals surface area contributed by atoms with Crippen molar-refractivity contribution in [2.24, 2.45) is 0 Å². The molecule has 3 N–H and O–H groups in total. The highest BCUT2D eigenvalue weighted by Crippen LogP contribution is 2.26. The van der Waals surface area contributed by atoms with Crippen LogP contribution in [0.4, 0.5) is 15.8 Å². The van der Waals surface area contributed by atoms with Crippen molar-refractivity contribution in [3.63, 3.8) is 0 Å². The minimum atomic E-state index is -3.63. The molecule has 0 bridgehead atoms. The van der Waals surface area contributed by atoms with Crippen molar-refractivity contribution in [3.8, 4) is 0 Å². The predicted octanol–water partition coefficient (Wildman–Crippen LogP) is 1.33. The van der Waals surface area contributed by atoms with Crippen LogP contribution in [0.5, 0.6) is 0 Å². The fourth-order valence-electron chi connectivity index (χ4n) is 1.86. The van der Waals surface area contributed by atoms with Gasteiger partial charge in [-0.25, -0.2) is 12.8 Å². The normalized spacial score (nSPS) is 17.6. The Morgan fingerprint density at radius 3 is 2.61 bits per heavy atom. The van der Waals surface area contributed by atoms with Gasteiger partial charge in [-0.05, 0) is 25.0 Å². The number of nitrogen functional groups attached to an aromatic ring is 1. The molecule has 1 aliphatic heterocycles. The first-order valence-corrected chi connectivity index (χ1v) is 7.19. The fraction of sp³-hybridized carbons (Fsp3) is 0.455. The van der Waals surface area contributed by atoms with E-state index in [1.54, 1.807) is 0 Å². The first-order chi connectivity index (χ1) is 8.50. The van der Waals surface area contributed by atoms with Crippen LogP contribution in [0.1, 0.15) is 12.8 Å². The second-order valence-electron chi connectivity index (χ2n) is 4.16. The van der Waals surface area contributed by atoms with Crippen LogP contribution in [0.15, 0.2) is 18.2 Å². The number of hydrogen-bond donors (Lipinski definition) is 2. The SMILES string of the molecule is Nc1cccc(F)c1NS(=O)(=O)C1CCOCC1. The van der Waals surface area contributed by atoms with Crippen molar-refractivity contribution >= 4 is 21.4 Å². The van der Waals surface area contributed by atoms with E-state index in [1.165, 1.54) is 12.1 Å². The highest BCUT2D eigenvalue weighted by molar-refractivity contribution is 7.93. The van der Waals surface area contributed by atoms with Crippen LogP contribution < -0.4 is 10.5 Å². The van der Waals surface area contributed by atoms with Gasteiger partial charge in [-0.1, -0.05) is 6.07 Å². The summed E-state index contributed by atoms with van der Waals surface area (Å²) in [5.74, 6) is -0.675. The van der Waals surface area contributed by atoms with Gasteiger partial charge < -0.3 is 10.5 Å². The molecule has 0 saturated carbocycles. The molecule has 1 aromatic carbocycles. The van der Waals surface area contributed by atoms with Crippen LogP contribution in [0.3, 0.4) is 0 Å². The molecule has 1 fully saturated rings. The Kier molecular flexibility index (Phi) is 3.72. The Hall–Kier alpha value is -1.34. The molecule has 18 heavy (non-hydrogen) atoms. The molecule has 1 aromatic rings. The first kappa shape index (κ1) is 13.1. The lowest BCUT2D eigenvalue weighted by Gasteiger charge is -2.23. The summed E-state index contributed by atoms with van der Waals surface area (Å²) in [5, 5.41) is -0.565. The maximum atomic E-state index is 13.5. The van der Waals surface area contributed by atoms with Gasteiger partial charge in [-0.15, -0.1) is 0 Å². The molecule has 1 aliphatic rings. The fourth-order valence-corrected chi connectivity index (χ4v) is 3.34. The van der Waals surface area contributed by atoms with Crippen molar-refractivity contribution in [2.75, 3.05) is 23.7 Å². The van der Waals surface area contributed by atoms with Crippen molar-refractivity contribution in [3.05, 3.63) is 24.0 Å². The summed E-state index contributed by atoms with van der Waals surface area (Å²) in [6.07, 6.45) is 0.813. The summed E-state index contributed by atoms with van der Waals surface area (Å²) in [7, 11) is -3.63. The van der Waals surface area contributed by atoms with E-state index in [-0.39, 0.29) is 11.4 Å². The second-order valence-corrected chi connectivity index (χ2v) is 6.12. The van der Waals surface area contributed by atoms with Crippen LogP contribution in [0.2, 0.25) is 0 Å². The number of hydrogen-bond acceptors (Lipinski definition) is 4. The molecule has 0 spiro atoms. The zero-order valence-corrected chi connectivity index (χ0v) is 10.5. The van der Waals surface area contributed by atoms with Gasteiger partial charge in [0.25, 0.3) is 0 Å². The Balaban J connectivity index is 2.22. The Morgan fingerprint density at radius 1 is 1.33 bits per heavy atom. The number of halogens is 1. The van der Waals surface area contributed by atoms with E-state index < -0.39 is 21.1 Å². The van der Waals surface area contributed by atoms with Gasteiger partial charge in [0, 0.05) is 13.2 Å². The highest BCUT2D eigenvalue weighted by Gasteiger charge is 2.28. The van der Waals surface area contributed by atoms with E-state index in [0.717, 1.165) is 6.07 Å². The maximum absolute atomic E-state index is 13.5. The van der Waals surface area contributed by atoms with Gasteiger partial charge >= 0.3 is 0 Å². The number of nitrogens with two attached hydrogens (primary N) is 1. The number of benzene rings is 1. The van der Waals surface area contributed by atoms with Gasteiger partial charge in [0.05, 0.1) is 10.9 Å². The lowest BCUT2D eigenvalue weighted by atomic mass is 10.2. The summed E-state index contributed by atoms with van der Waals surface area (Å²) >= 11 is 0. The van der Waals surface area contributed by atoms with E-state index in [1.807, 2.05) is 0 Å².